The summed E-state index contributed by atoms with van der Waals surface area (Å²) in [4.78, 5) is 0. The van der Waals surface area contributed by atoms with Crippen LogP contribution in [0, 0.1) is 0 Å². The molecule has 0 rings (SSSR count). The van der Waals surface area contributed by atoms with E-state index in [1.807, 2.05) is 0 Å². The second-order valence-corrected chi connectivity index (χ2v) is 2.78. The smallest absolute Gasteiger partial charge is 0.278 e. The zero-order valence-corrected chi connectivity index (χ0v) is 6.63. The third kappa shape index (κ3) is 11.6. The molecule has 0 spiro atoms. The third-order valence-corrected chi connectivity index (χ3v) is 1.10. The maximum atomic E-state index is 9.88. The molecule has 6 heteroatoms. The zero-order chi connectivity index (χ0) is 6.62. The Morgan fingerprint density at radius 2 is 2.00 bits per heavy atom. The highest BCUT2D eigenvalue weighted by Crippen LogP contribution is 1.73. The summed E-state index contributed by atoms with van der Waals surface area (Å²) >= 11 is 0. The van der Waals surface area contributed by atoms with Gasteiger partial charge in [-0.05, 0) is 6.54 Å². The summed E-state index contributed by atoms with van der Waals surface area (Å²) in [5.41, 5.74) is 0. The predicted molar refractivity (Wildman–Crippen MR) is 37.3 cm³/mol. The van der Waals surface area contributed by atoms with E-state index in [1.54, 1.807) is 6.92 Å². The van der Waals surface area contributed by atoms with Gasteiger partial charge in [0.15, 0.2) is 0 Å². The van der Waals surface area contributed by atoms with Crippen molar-refractivity contribution in [3.63, 3.8) is 0 Å². The summed E-state index contributed by atoms with van der Waals surface area (Å²) in [5.74, 6) is -0.358. The molecule has 0 fully saturated rings. The fourth-order valence-corrected chi connectivity index (χ4v) is 0.693. The van der Waals surface area contributed by atoms with Crippen LogP contribution in [0.15, 0.2) is 0 Å². The van der Waals surface area contributed by atoms with Crippen molar-refractivity contribution in [3.05, 3.63) is 0 Å². The molecule has 0 aromatic carbocycles. The molecular weight excluding hydrogens is 166 g/mol. The lowest BCUT2D eigenvalue weighted by Crippen LogP contribution is -2.21. The SMILES string of the molecule is CCNCS(=O)(=O)O.Cl. The monoisotopic (exact) mass is 175 g/mol. The Labute approximate surface area is 60.8 Å². The first-order valence-electron chi connectivity index (χ1n) is 2.22. The van der Waals surface area contributed by atoms with Crippen LogP contribution < -0.4 is 5.32 Å². The average Bonchev–Trinajstić information content (AvgIpc) is 1.59. The number of hydrogen-bond acceptors (Lipinski definition) is 3. The molecule has 0 aliphatic heterocycles. The summed E-state index contributed by atoms with van der Waals surface area (Å²) in [6.07, 6.45) is 0. The van der Waals surface area contributed by atoms with Crippen LogP contribution in [0.3, 0.4) is 0 Å². The molecule has 0 atom stereocenters. The quantitative estimate of drug-likeness (QED) is 0.587. The van der Waals surface area contributed by atoms with Gasteiger partial charge in [0.1, 0.15) is 5.88 Å². The van der Waals surface area contributed by atoms with Crippen LogP contribution in [0.25, 0.3) is 0 Å². The molecule has 58 valence electrons. The van der Waals surface area contributed by atoms with E-state index in [1.165, 1.54) is 0 Å². The average molecular weight is 176 g/mol. The summed E-state index contributed by atoms with van der Waals surface area (Å²) in [6, 6.07) is 0. The second kappa shape index (κ2) is 4.99. The summed E-state index contributed by atoms with van der Waals surface area (Å²) in [7, 11) is -3.80. The van der Waals surface area contributed by atoms with Crippen LogP contribution in [-0.4, -0.2) is 25.4 Å². The Morgan fingerprint density at radius 3 is 2.11 bits per heavy atom. The fraction of sp³-hybridized carbons (Fsp3) is 1.00. The lowest BCUT2D eigenvalue weighted by molar-refractivity contribution is 0.477. The van der Waals surface area contributed by atoms with Crippen molar-refractivity contribution in [3.8, 4) is 0 Å². The number of rotatable bonds is 3. The molecular formula is C3H10ClNO3S. The van der Waals surface area contributed by atoms with E-state index >= 15 is 0 Å². The molecule has 0 aromatic heterocycles. The predicted octanol–water partition coefficient (Wildman–Crippen LogP) is -0.137. The Balaban J connectivity index is 0. The summed E-state index contributed by atoms with van der Waals surface area (Å²) in [6.45, 7) is 2.30. The van der Waals surface area contributed by atoms with Crippen molar-refractivity contribution < 1.29 is 13.0 Å². The lowest BCUT2D eigenvalue weighted by Gasteiger charge is -1.93. The largest absolute Gasteiger partial charge is 0.302 e. The number of halogens is 1. The van der Waals surface area contributed by atoms with E-state index in [9.17, 15) is 8.42 Å². The van der Waals surface area contributed by atoms with Gasteiger partial charge in [0.05, 0.1) is 0 Å². The van der Waals surface area contributed by atoms with E-state index in [4.69, 9.17) is 4.55 Å². The van der Waals surface area contributed by atoms with Gasteiger partial charge < -0.3 is 5.32 Å². The maximum Gasteiger partial charge on any atom is 0.278 e. The number of hydrogen-bond donors (Lipinski definition) is 2. The first-order chi connectivity index (χ1) is 3.56. The van der Waals surface area contributed by atoms with Crippen molar-refractivity contribution in [2.24, 2.45) is 0 Å². The molecule has 9 heavy (non-hydrogen) atoms. The van der Waals surface area contributed by atoms with Gasteiger partial charge in [0.2, 0.25) is 0 Å². The molecule has 0 unspecified atom stereocenters. The molecule has 0 heterocycles. The van der Waals surface area contributed by atoms with Crippen LogP contribution in [-0.2, 0) is 10.1 Å². The van der Waals surface area contributed by atoms with Crippen LogP contribution in [0.2, 0.25) is 0 Å². The minimum Gasteiger partial charge on any atom is -0.302 e. The minimum absolute atomic E-state index is 0. The first kappa shape index (κ1) is 11.9. The van der Waals surface area contributed by atoms with Gasteiger partial charge in [-0.25, -0.2) is 0 Å². The zero-order valence-electron chi connectivity index (χ0n) is 4.99. The van der Waals surface area contributed by atoms with Crippen LogP contribution >= 0.6 is 12.4 Å². The Bertz CT molecular complexity index is 143. The van der Waals surface area contributed by atoms with Crippen molar-refractivity contribution in [1.82, 2.24) is 5.32 Å². The molecule has 0 aromatic rings. The van der Waals surface area contributed by atoms with E-state index < -0.39 is 10.1 Å². The Morgan fingerprint density at radius 1 is 1.56 bits per heavy atom. The van der Waals surface area contributed by atoms with Gasteiger partial charge in [-0.2, -0.15) is 8.42 Å². The topological polar surface area (TPSA) is 66.4 Å². The van der Waals surface area contributed by atoms with Crippen molar-refractivity contribution in [2.45, 2.75) is 6.92 Å². The van der Waals surface area contributed by atoms with Gasteiger partial charge >= 0.3 is 0 Å². The molecule has 0 aliphatic rings. The Kier molecular flexibility index (Phi) is 6.59. The van der Waals surface area contributed by atoms with Gasteiger partial charge in [-0.1, -0.05) is 6.92 Å². The lowest BCUT2D eigenvalue weighted by atomic mass is 10.8. The summed E-state index contributed by atoms with van der Waals surface area (Å²) < 4.78 is 27.8. The summed E-state index contributed by atoms with van der Waals surface area (Å²) in [5, 5.41) is 2.45. The molecule has 0 saturated heterocycles. The first-order valence-corrected chi connectivity index (χ1v) is 3.83. The highest BCUT2D eigenvalue weighted by atomic mass is 35.5. The normalized spacial score (nSPS) is 10.4. The third-order valence-electron chi connectivity index (χ3n) is 0.534. The van der Waals surface area contributed by atoms with Crippen LogP contribution in [0.5, 0.6) is 0 Å². The van der Waals surface area contributed by atoms with E-state index in [0.717, 1.165) is 0 Å². The molecule has 4 nitrogen and oxygen atoms in total. The molecule has 0 bridgehead atoms. The second-order valence-electron chi connectivity index (χ2n) is 1.33. The van der Waals surface area contributed by atoms with Crippen molar-refractivity contribution in [2.75, 3.05) is 12.4 Å². The van der Waals surface area contributed by atoms with Gasteiger partial charge in [-0.15, -0.1) is 12.4 Å². The van der Waals surface area contributed by atoms with Crippen molar-refractivity contribution in [1.29, 1.82) is 0 Å². The van der Waals surface area contributed by atoms with Crippen LogP contribution in [0.1, 0.15) is 6.92 Å². The molecule has 0 aliphatic carbocycles. The van der Waals surface area contributed by atoms with Gasteiger partial charge in [0.25, 0.3) is 10.1 Å². The molecule has 0 saturated carbocycles. The van der Waals surface area contributed by atoms with Gasteiger partial charge in [-0.3, -0.25) is 4.55 Å². The number of nitrogens with one attached hydrogen (secondary N) is 1. The van der Waals surface area contributed by atoms with E-state index in [0.29, 0.717) is 6.54 Å². The standard InChI is InChI=1S/C3H9NO3S.ClH/c1-2-4-3-8(5,6)7;/h4H,2-3H2,1H3,(H,5,6,7);1H. The minimum atomic E-state index is -3.80. The molecule has 2 N–H and O–H groups in total. The van der Waals surface area contributed by atoms with Gasteiger partial charge in [0, 0.05) is 0 Å². The Hall–Kier alpha value is 0.160. The van der Waals surface area contributed by atoms with E-state index in [-0.39, 0.29) is 18.3 Å². The molecule has 0 radical (unpaired) electrons. The highest BCUT2D eigenvalue weighted by Gasteiger charge is 1.99. The van der Waals surface area contributed by atoms with E-state index in [2.05, 4.69) is 5.32 Å². The fourth-order valence-electron chi connectivity index (χ4n) is 0.231. The van der Waals surface area contributed by atoms with Crippen LogP contribution in [0.4, 0.5) is 0 Å². The molecule has 0 amide bonds. The van der Waals surface area contributed by atoms with Crippen molar-refractivity contribution >= 4 is 22.5 Å². The highest BCUT2D eigenvalue weighted by molar-refractivity contribution is 7.85. The maximum absolute atomic E-state index is 9.88.